The molecule has 0 saturated carbocycles. The Labute approximate surface area is 82.6 Å². The molecule has 0 unspecified atom stereocenters. The zero-order valence-corrected chi connectivity index (χ0v) is 7.81. The Morgan fingerprint density at radius 2 is 2.36 bits per heavy atom. The Hall–Kier alpha value is -1.55. The van der Waals surface area contributed by atoms with E-state index in [1.54, 1.807) is 6.20 Å². The molecule has 0 aromatic rings. The Bertz CT molecular complexity index is 316. The maximum Gasteiger partial charge on any atom is 0.320 e. The summed E-state index contributed by atoms with van der Waals surface area (Å²) < 4.78 is 0. The normalized spacial score (nSPS) is 20.6. The maximum absolute atomic E-state index is 10.5. The lowest BCUT2D eigenvalue weighted by Crippen LogP contribution is -2.30. The maximum atomic E-state index is 10.5. The van der Waals surface area contributed by atoms with Crippen molar-refractivity contribution in [1.29, 1.82) is 0 Å². The van der Waals surface area contributed by atoms with Crippen molar-refractivity contribution in [2.24, 2.45) is 11.5 Å². The number of hydrogen-bond acceptors (Lipinski definition) is 3. The van der Waals surface area contributed by atoms with Crippen molar-refractivity contribution in [3.05, 3.63) is 35.6 Å². The van der Waals surface area contributed by atoms with Crippen LogP contribution in [0, 0.1) is 0 Å². The van der Waals surface area contributed by atoms with E-state index in [1.807, 2.05) is 18.2 Å². The van der Waals surface area contributed by atoms with Crippen molar-refractivity contribution in [2.45, 2.75) is 18.9 Å². The zero-order chi connectivity index (χ0) is 10.6. The molecule has 1 atom stereocenters. The van der Waals surface area contributed by atoms with E-state index in [9.17, 15) is 4.79 Å². The van der Waals surface area contributed by atoms with Crippen molar-refractivity contribution in [2.75, 3.05) is 0 Å². The minimum absolute atomic E-state index is 0.365. The molecule has 0 bridgehead atoms. The molecule has 76 valence electrons. The van der Waals surface area contributed by atoms with Gasteiger partial charge in [-0.15, -0.1) is 0 Å². The molecule has 0 amide bonds. The number of hydrogen-bond donors (Lipinski definition) is 3. The summed E-state index contributed by atoms with van der Waals surface area (Å²) in [5, 5.41) is 8.60. The van der Waals surface area contributed by atoms with E-state index < -0.39 is 12.0 Å². The summed E-state index contributed by atoms with van der Waals surface area (Å²) in [7, 11) is 0. The first-order valence-electron chi connectivity index (χ1n) is 4.39. The number of allylic oxidation sites excluding steroid dienone is 4. The summed E-state index contributed by atoms with van der Waals surface area (Å²) in [6.07, 6.45) is 8.33. The molecule has 0 aromatic carbocycles. The highest BCUT2D eigenvalue weighted by Crippen LogP contribution is 2.17. The number of carboxylic acids is 1. The largest absolute Gasteiger partial charge is 0.480 e. The fourth-order valence-corrected chi connectivity index (χ4v) is 1.22. The quantitative estimate of drug-likeness (QED) is 0.611. The van der Waals surface area contributed by atoms with Crippen molar-refractivity contribution in [3.8, 4) is 0 Å². The first-order chi connectivity index (χ1) is 6.63. The van der Waals surface area contributed by atoms with Crippen molar-refractivity contribution >= 4 is 5.97 Å². The molecule has 1 aliphatic carbocycles. The zero-order valence-electron chi connectivity index (χ0n) is 7.81. The van der Waals surface area contributed by atoms with Gasteiger partial charge in [0, 0.05) is 0 Å². The van der Waals surface area contributed by atoms with Crippen LogP contribution >= 0.6 is 0 Å². The minimum Gasteiger partial charge on any atom is -0.480 e. The highest BCUT2D eigenvalue weighted by molar-refractivity contribution is 5.73. The molecule has 1 rings (SSSR count). The Morgan fingerprint density at radius 1 is 1.64 bits per heavy atom. The van der Waals surface area contributed by atoms with Crippen molar-refractivity contribution in [1.82, 2.24) is 0 Å². The number of carbonyl (C=O) groups is 1. The number of rotatable bonds is 3. The lowest BCUT2D eigenvalue weighted by atomic mass is 9.98. The second-order valence-electron chi connectivity index (χ2n) is 3.21. The predicted octanol–water partition coefficient (Wildman–Crippen LogP) is 0.517. The molecule has 14 heavy (non-hydrogen) atoms. The molecule has 0 aliphatic heterocycles. The van der Waals surface area contributed by atoms with E-state index in [0.717, 1.165) is 17.6 Å². The molecule has 5 N–H and O–H groups in total. The first kappa shape index (κ1) is 10.5. The summed E-state index contributed by atoms with van der Waals surface area (Å²) in [6.45, 7) is 0. The van der Waals surface area contributed by atoms with Gasteiger partial charge in [0.15, 0.2) is 0 Å². The van der Waals surface area contributed by atoms with Gasteiger partial charge in [-0.3, -0.25) is 4.79 Å². The summed E-state index contributed by atoms with van der Waals surface area (Å²) in [5.74, 6) is -0.973. The van der Waals surface area contributed by atoms with Gasteiger partial charge < -0.3 is 16.6 Å². The average Bonchev–Trinajstić information content (AvgIpc) is 2.19. The fraction of sp³-hybridized carbons (Fsp3) is 0.300. The van der Waals surface area contributed by atoms with Gasteiger partial charge in [0.05, 0.1) is 0 Å². The first-order valence-corrected chi connectivity index (χ1v) is 4.39. The molecule has 4 heteroatoms. The minimum atomic E-state index is -0.973. The van der Waals surface area contributed by atoms with E-state index in [1.165, 1.54) is 0 Å². The second-order valence-corrected chi connectivity index (χ2v) is 3.21. The molecule has 0 aromatic heterocycles. The van der Waals surface area contributed by atoms with Gasteiger partial charge in [-0.25, -0.2) is 0 Å². The van der Waals surface area contributed by atoms with Gasteiger partial charge in [-0.2, -0.15) is 0 Å². The molecular formula is C10H14N2O2. The van der Waals surface area contributed by atoms with Crippen LogP contribution in [0.15, 0.2) is 35.6 Å². The van der Waals surface area contributed by atoms with Crippen LogP contribution in [-0.2, 0) is 4.79 Å². The van der Waals surface area contributed by atoms with E-state index in [0.29, 0.717) is 6.42 Å². The van der Waals surface area contributed by atoms with Crippen LogP contribution in [0.25, 0.3) is 0 Å². The van der Waals surface area contributed by atoms with Crippen molar-refractivity contribution < 1.29 is 9.90 Å². The molecule has 0 fully saturated rings. The van der Waals surface area contributed by atoms with E-state index in [2.05, 4.69) is 0 Å². The van der Waals surface area contributed by atoms with Crippen LogP contribution in [0.5, 0.6) is 0 Å². The van der Waals surface area contributed by atoms with E-state index in [-0.39, 0.29) is 0 Å². The van der Waals surface area contributed by atoms with Crippen LogP contribution in [0.3, 0.4) is 0 Å². The summed E-state index contributed by atoms with van der Waals surface area (Å²) in [6, 6.07) is -0.825. The Balaban J connectivity index is 2.54. The predicted molar refractivity (Wildman–Crippen MR) is 54.3 cm³/mol. The fourth-order valence-electron chi connectivity index (χ4n) is 1.22. The van der Waals surface area contributed by atoms with Crippen molar-refractivity contribution in [3.63, 3.8) is 0 Å². The topological polar surface area (TPSA) is 89.3 Å². The van der Waals surface area contributed by atoms with E-state index in [4.69, 9.17) is 16.6 Å². The van der Waals surface area contributed by atoms with Gasteiger partial charge in [0.25, 0.3) is 0 Å². The summed E-state index contributed by atoms with van der Waals surface area (Å²) in [5.41, 5.74) is 12.7. The Kier molecular flexibility index (Phi) is 3.48. The molecule has 0 spiro atoms. The second kappa shape index (κ2) is 4.62. The highest BCUT2D eigenvalue weighted by Gasteiger charge is 2.13. The third kappa shape index (κ3) is 2.74. The van der Waals surface area contributed by atoms with Gasteiger partial charge >= 0.3 is 5.97 Å². The summed E-state index contributed by atoms with van der Waals surface area (Å²) in [4.78, 5) is 10.5. The lowest BCUT2D eigenvalue weighted by Gasteiger charge is -2.11. The average molecular weight is 194 g/mol. The third-order valence-electron chi connectivity index (χ3n) is 2.10. The standard InChI is InChI=1S/C10H14N2O2/c11-6-8-3-1-7(2-4-8)5-9(12)10(13)14/h1-3,6,9H,4-5,11-12H2,(H,13,14)/t9-/m0/s1. The SMILES string of the molecule is NC=C1C=CC(C[C@H](N)C(=O)O)=CC1. The molecular weight excluding hydrogens is 180 g/mol. The Morgan fingerprint density at radius 3 is 2.79 bits per heavy atom. The molecule has 0 radical (unpaired) electrons. The molecule has 1 aliphatic rings. The van der Waals surface area contributed by atoms with Crippen LogP contribution in [-0.4, -0.2) is 17.1 Å². The van der Waals surface area contributed by atoms with Gasteiger partial charge in [0.2, 0.25) is 0 Å². The molecule has 4 nitrogen and oxygen atoms in total. The number of carboxylic acid groups (broad SMARTS) is 1. The van der Waals surface area contributed by atoms with Crippen LogP contribution in [0.2, 0.25) is 0 Å². The van der Waals surface area contributed by atoms with Gasteiger partial charge in [0.1, 0.15) is 6.04 Å². The van der Waals surface area contributed by atoms with Gasteiger partial charge in [-0.1, -0.05) is 18.2 Å². The number of aliphatic carboxylic acids is 1. The van der Waals surface area contributed by atoms with Crippen LogP contribution in [0.1, 0.15) is 12.8 Å². The smallest absolute Gasteiger partial charge is 0.320 e. The lowest BCUT2D eigenvalue weighted by molar-refractivity contribution is -0.138. The number of nitrogens with two attached hydrogens (primary N) is 2. The highest BCUT2D eigenvalue weighted by atomic mass is 16.4. The van der Waals surface area contributed by atoms with Gasteiger partial charge in [-0.05, 0) is 30.2 Å². The van der Waals surface area contributed by atoms with E-state index >= 15 is 0 Å². The monoisotopic (exact) mass is 194 g/mol. The summed E-state index contributed by atoms with van der Waals surface area (Å²) >= 11 is 0. The van der Waals surface area contributed by atoms with Crippen LogP contribution < -0.4 is 11.5 Å². The third-order valence-corrected chi connectivity index (χ3v) is 2.10. The molecule has 0 heterocycles. The molecule has 0 saturated heterocycles. The van der Waals surface area contributed by atoms with Crippen LogP contribution in [0.4, 0.5) is 0 Å².